The smallest absolute Gasteiger partial charge is 0.414 e. The summed E-state index contributed by atoms with van der Waals surface area (Å²) in [5, 5.41) is 12.9. The number of amides is 1. The van der Waals surface area contributed by atoms with Gasteiger partial charge in [0.1, 0.15) is 19.0 Å². The van der Waals surface area contributed by atoms with E-state index in [0.717, 1.165) is 5.71 Å². The van der Waals surface area contributed by atoms with Crippen LogP contribution in [0.15, 0.2) is 35.7 Å². The summed E-state index contributed by atoms with van der Waals surface area (Å²) >= 11 is 0. The average Bonchev–Trinajstić information content (AvgIpc) is 2.66. The Balaban J connectivity index is 1.66. The van der Waals surface area contributed by atoms with E-state index in [2.05, 4.69) is 15.1 Å². The Bertz CT molecular complexity index is 926. The van der Waals surface area contributed by atoms with Gasteiger partial charge in [-0.1, -0.05) is 23.4 Å². The molecule has 1 aromatic carbocycles. The summed E-state index contributed by atoms with van der Waals surface area (Å²) in [6, 6.07) is 4.72. The lowest BCUT2D eigenvalue weighted by atomic mass is 10.1. The van der Waals surface area contributed by atoms with Gasteiger partial charge in [-0.3, -0.25) is 10.7 Å². The molecule has 29 heavy (non-hydrogen) atoms. The molecule has 2 heterocycles. The van der Waals surface area contributed by atoms with Crippen LogP contribution in [0.1, 0.15) is 12.5 Å². The van der Waals surface area contributed by atoms with E-state index in [-0.39, 0.29) is 17.7 Å². The van der Waals surface area contributed by atoms with Crippen molar-refractivity contribution >= 4 is 23.7 Å². The number of alkyl carbamates (subject to hydrolysis) is 1. The predicted octanol–water partition coefficient (Wildman–Crippen LogP) is 1.61. The standard InChI is InChI=1S/C18H20FN7O3/c1-2-29-25-13-8-26(9-13)17-22-6-12(7-23-17)14-5-3-4-11(15(14)19)10-28-18(27)24-16(20)21/h3-7H,2,8-10H2,1H3,(H4,20,21,24,27). The van der Waals surface area contributed by atoms with Crippen molar-refractivity contribution in [2.24, 2.45) is 10.9 Å². The molecule has 152 valence electrons. The fourth-order valence-electron chi connectivity index (χ4n) is 2.58. The minimum absolute atomic E-state index is 0.171. The molecule has 4 N–H and O–H groups in total. The van der Waals surface area contributed by atoms with Crippen LogP contribution in [0.25, 0.3) is 11.1 Å². The number of hydrogen-bond acceptors (Lipinski definition) is 8. The molecule has 0 bridgehead atoms. The monoisotopic (exact) mass is 401 g/mol. The number of guanidine groups is 1. The van der Waals surface area contributed by atoms with Crippen LogP contribution >= 0.6 is 0 Å². The van der Waals surface area contributed by atoms with E-state index in [1.807, 2.05) is 17.1 Å². The Labute approximate surface area is 166 Å². The molecule has 1 aromatic heterocycles. The quantitative estimate of drug-likeness (QED) is 0.380. The molecule has 2 aromatic rings. The number of carbonyl (C=O) groups is 1. The fraction of sp³-hybridized carbons (Fsp3) is 0.278. The van der Waals surface area contributed by atoms with Crippen molar-refractivity contribution in [1.82, 2.24) is 15.3 Å². The minimum Gasteiger partial charge on any atom is -0.444 e. The third kappa shape index (κ3) is 4.94. The molecule has 0 unspecified atom stereocenters. The number of nitrogens with one attached hydrogen (secondary N) is 2. The lowest BCUT2D eigenvalue weighted by Crippen LogP contribution is -2.48. The first-order chi connectivity index (χ1) is 14.0. The summed E-state index contributed by atoms with van der Waals surface area (Å²) in [6.45, 7) is 3.24. The molecule has 0 radical (unpaired) electrons. The van der Waals surface area contributed by atoms with E-state index in [1.165, 1.54) is 18.5 Å². The first-order valence-corrected chi connectivity index (χ1v) is 8.78. The van der Waals surface area contributed by atoms with Gasteiger partial charge in [0.05, 0.1) is 18.8 Å². The molecule has 0 aliphatic carbocycles. The maximum Gasteiger partial charge on any atom is 0.414 e. The van der Waals surface area contributed by atoms with Gasteiger partial charge < -0.3 is 20.2 Å². The number of oxime groups is 1. The zero-order valence-corrected chi connectivity index (χ0v) is 15.7. The van der Waals surface area contributed by atoms with Gasteiger partial charge in [0.15, 0.2) is 5.96 Å². The molecule has 0 saturated carbocycles. The number of rotatable bonds is 6. The van der Waals surface area contributed by atoms with Gasteiger partial charge in [0.2, 0.25) is 5.95 Å². The minimum atomic E-state index is -0.934. The topological polar surface area (TPSA) is 139 Å². The molecule has 1 aliphatic rings. The molecule has 11 heteroatoms. The summed E-state index contributed by atoms with van der Waals surface area (Å²) in [7, 11) is 0. The Morgan fingerprint density at radius 2 is 2.10 bits per heavy atom. The normalized spacial score (nSPS) is 12.8. The largest absolute Gasteiger partial charge is 0.444 e. The lowest BCUT2D eigenvalue weighted by Gasteiger charge is -2.31. The number of carbonyl (C=O) groups excluding carboxylic acids is 1. The number of ether oxygens (including phenoxy) is 1. The summed E-state index contributed by atoms with van der Waals surface area (Å²) < 4.78 is 19.7. The molecular formula is C18H20FN7O3. The van der Waals surface area contributed by atoms with Crippen LogP contribution in [-0.2, 0) is 16.2 Å². The summed E-state index contributed by atoms with van der Waals surface area (Å²) in [5.41, 5.74) is 6.89. The van der Waals surface area contributed by atoms with Gasteiger partial charge in [-0.05, 0) is 6.92 Å². The Kier molecular flexibility index (Phi) is 6.17. The maximum absolute atomic E-state index is 14.8. The van der Waals surface area contributed by atoms with Gasteiger partial charge in [-0.15, -0.1) is 0 Å². The number of anilines is 1. The predicted molar refractivity (Wildman–Crippen MR) is 104 cm³/mol. The van der Waals surface area contributed by atoms with Crippen molar-refractivity contribution in [2.75, 3.05) is 24.6 Å². The van der Waals surface area contributed by atoms with Crippen molar-refractivity contribution in [1.29, 1.82) is 5.41 Å². The zero-order valence-electron chi connectivity index (χ0n) is 15.7. The van der Waals surface area contributed by atoms with Crippen molar-refractivity contribution in [3.05, 3.63) is 42.0 Å². The lowest BCUT2D eigenvalue weighted by molar-refractivity contribution is 0.143. The van der Waals surface area contributed by atoms with E-state index in [1.54, 1.807) is 12.1 Å². The zero-order chi connectivity index (χ0) is 20.8. The molecule has 1 saturated heterocycles. The van der Waals surface area contributed by atoms with Gasteiger partial charge in [0.25, 0.3) is 0 Å². The molecular weight excluding hydrogens is 381 g/mol. The van der Waals surface area contributed by atoms with Crippen LogP contribution in [0, 0.1) is 11.2 Å². The second-order valence-corrected chi connectivity index (χ2v) is 6.10. The van der Waals surface area contributed by atoms with Gasteiger partial charge in [-0.25, -0.2) is 19.2 Å². The molecule has 1 fully saturated rings. The number of aromatic nitrogens is 2. The Morgan fingerprint density at radius 1 is 1.38 bits per heavy atom. The third-order valence-electron chi connectivity index (χ3n) is 3.98. The van der Waals surface area contributed by atoms with Crippen LogP contribution in [-0.4, -0.2) is 47.4 Å². The first kappa shape index (κ1) is 20.0. The van der Waals surface area contributed by atoms with E-state index in [0.29, 0.717) is 31.2 Å². The summed E-state index contributed by atoms with van der Waals surface area (Å²) in [5.74, 6) is -0.584. The fourth-order valence-corrected chi connectivity index (χ4v) is 2.58. The van der Waals surface area contributed by atoms with E-state index in [4.69, 9.17) is 20.7 Å². The second kappa shape index (κ2) is 8.95. The van der Waals surface area contributed by atoms with E-state index < -0.39 is 17.9 Å². The number of nitrogens with zero attached hydrogens (tertiary/aromatic N) is 4. The van der Waals surface area contributed by atoms with Crippen LogP contribution in [0.4, 0.5) is 15.1 Å². The number of hydrogen-bond donors (Lipinski definition) is 3. The molecule has 0 spiro atoms. The number of benzene rings is 1. The van der Waals surface area contributed by atoms with Crippen molar-refractivity contribution < 1.29 is 18.8 Å². The van der Waals surface area contributed by atoms with Crippen LogP contribution in [0.2, 0.25) is 0 Å². The van der Waals surface area contributed by atoms with Crippen molar-refractivity contribution in [3.63, 3.8) is 0 Å². The molecule has 1 amide bonds. The average molecular weight is 401 g/mol. The highest BCUT2D eigenvalue weighted by atomic mass is 19.1. The van der Waals surface area contributed by atoms with Crippen molar-refractivity contribution in [2.45, 2.75) is 13.5 Å². The molecule has 1 aliphatic heterocycles. The third-order valence-corrected chi connectivity index (χ3v) is 3.98. The van der Waals surface area contributed by atoms with Crippen molar-refractivity contribution in [3.8, 4) is 11.1 Å². The van der Waals surface area contributed by atoms with E-state index in [9.17, 15) is 9.18 Å². The van der Waals surface area contributed by atoms with Crippen LogP contribution in [0.3, 0.4) is 0 Å². The highest BCUT2D eigenvalue weighted by molar-refractivity contribution is 5.98. The highest BCUT2D eigenvalue weighted by Crippen LogP contribution is 2.25. The number of nitrogens with two attached hydrogens (primary N) is 1. The first-order valence-electron chi connectivity index (χ1n) is 8.78. The van der Waals surface area contributed by atoms with E-state index >= 15 is 0 Å². The van der Waals surface area contributed by atoms with Crippen LogP contribution in [0.5, 0.6) is 0 Å². The second-order valence-electron chi connectivity index (χ2n) is 6.10. The SMILES string of the molecule is CCON=C1CN(c2ncc(-c3cccc(COC(=O)NC(=N)N)c3F)cn2)C1. The van der Waals surface area contributed by atoms with Crippen LogP contribution < -0.4 is 16.0 Å². The Morgan fingerprint density at radius 3 is 2.76 bits per heavy atom. The molecule has 10 nitrogen and oxygen atoms in total. The summed E-state index contributed by atoms with van der Waals surface area (Å²) in [4.78, 5) is 26.9. The van der Waals surface area contributed by atoms with Gasteiger partial charge >= 0.3 is 6.09 Å². The highest BCUT2D eigenvalue weighted by Gasteiger charge is 2.25. The maximum atomic E-state index is 14.8. The number of halogens is 1. The Hall–Kier alpha value is -3.76. The molecule has 3 rings (SSSR count). The van der Waals surface area contributed by atoms with Gasteiger partial charge in [-0.2, -0.15) is 0 Å². The van der Waals surface area contributed by atoms with Gasteiger partial charge in [0, 0.05) is 29.1 Å². The molecule has 0 atom stereocenters. The summed E-state index contributed by atoms with van der Waals surface area (Å²) in [6.07, 6.45) is 2.13.